The lowest BCUT2D eigenvalue weighted by atomic mass is 10.1. The first-order chi connectivity index (χ1) is 16.4. The predicted octanol–water partition coefficient (Wildman–Crippen LogP) is 3.74. The molecule has 8 heteroatoms. The number of carbonyl (C=O) groups is 2. The maximum atomic E-state index is 13.0. The molecule has 1 heterocycles. The van der Waals surface area contributed by atoms with Gasteiger partial charge in [-0.2, -0.15) is 5.10 Å². The summed E-state index contributed by atoms with van der Waals surface area (Å²) in [5.74, 6) is 0.313. The number of hydrogen-bond acceptors (Lipinski definition) is 6. The molecule has 0 unspecified atom stereocenters. The van der Waals surface area contributed by atoms with Crippen molar-refractivity contribution in [2.24, 2.45) is 5.10 Å². The fourth-order valence-corrected chi connectivity index (χ4v) is 3.25. The second kappa shape index (κ2) is 9.91. The first kappa shape index (κ1) is 22.6. The van der Waals surface area contributed by atoms with E-state index in [2.05, 4.69) is 15.8 Å². The molecule has 172 valence electrons. The molecule has 0 radical (unpaired) electrons. The van der Waals surface area contributed by atoms with E-state index >= 15 is 0 Å². The fourth-order valence-electron chi connectivity index (χ4n) is 3.25. The number of carbonyl (C=O) groups excluding carboxylic acids is 2. The van der Waals surface area contributed by atoms with E-state index in [1.54, 1.807) is 80.6 Å². The predicted molar refractivity (Wildman–Crippen MR) is 128 cm³/mol. The monoisotopic (exact) mass is 457 g/mol. The lowest BCUT2D eigenvalue weighted by Gasteiger charge is -2.10. The second-order valence-corrected chi connectivity index (χ2v) is 7.63. The van der Waals surface area contributed by atoms with Crippen LogP contribution >= 0.6 is 0 Å². The number of aryl methyl sites for hydroxylation is 1. The molecule has 0 atom stereocenters. The van der Waals surface area contributed by atoms with Crippen molar-refractivity contribution < 1.29 is 24.2 Å². The van der Waals surface area contributed by atoms with Crippen LogP contribution in [0.15, 0.2) is 77.5 Å². The van der Waals surface area contributed by atoms with Crippen LogP contribution in [0.25, 0.3) is 6.08 Å². The van der Waals surface area contributed by atoms with Crippen LogP contribution in [-0.2, 0) is 4.79 Å². The van der Waals surface area contributed by atoms with Gasteiger partial charge in [-0.1, -0.05) is 24.3 Å². The van der Waals surface area contributed by atoms with Crippen molar-refractivity contribution in [1.82, 2.24) is 10.7 Å². The molecule has 0 bridgehead atoms. The van der Waals surface area contributed by atoms with Gasteiger partial charge in [0, 0.05) is 5.56 Å². The quantitative estimate of drug-likeness (QED) is 0.297. The van der Waals surface area contributed by atoms with Gasteiger partial charge in [-0.3, -0.25) is 9.59 Å². The maximum absolute atomic E-state index is 13.0. The van der Waals surface area contributed by atoms with Crippen LogP contribution in [0.1, 0.15) is 34.0 Å². The molecule has 0 fully saturated rings. The summed E-state index contributed by atoms with van der Waals surface area (Å²) in [6, 6.07) is 18.8. The summed E-state index contributed by atoms with van der Waals surface area (Å²) < 4.78 is 10.7. The minimum atomic E-state index is -0.600. The van der Waals surface area contributed by atoms with Crippen LogP contribution < -0.4 is 20.2 Å². The smallest absolute Gasteiger partial charge is 0.287 e. The molecule has 2 amide bonds. The van der Waals surface area contributed by atoms with E-state index in [0.717, 1.165) is 5.56 Å². The van der Waals surface area contributed by atoms with Crippen LogP contribution in [0.3, 0.4) is 0 Å². The van der Waals surface area contributed by atoms with Gasteiger partial charge < -0.3 is 19.9 Å². The maximum Gasteiger partial charge on any atom is 0.287 e. The molecule has 0 spiro atoms. The van der Waals surface area contributed by atoms with Crippen molar-refractivity contribution in [3.63, 3.8) is 0 Å². The number of hydrogen-bond donors (Lipinski definition) is 3. The Labute approximate surface area is 196 Å². The zero-order valence-corrected chi connectivity index (χ0v) is 18.7. The van der Waals surface area contributed by atoms with Gasteiger partial charge in [-0.15, -0.1) is 0 Å². The third kappa shape index (κ3) is 5.24. The molecule has 3 aromatic carbocycles. The summed E-state index contributed by atoms with van der Waals surface area (Å²) in [7, 11) is 0. The Bertz CT molecular complexity index is 1300. The van der Waals surface area contributed by atoms with Crippen molar-refractivity contribution in [3.05, 3.63) is 94.7 Å². The zero-order valence-electron chi connectivity index (χ0n) is 18.7. The largest absolute Gasteiger partial charge is 0.508 e. The average molecular weight is 457 g/mol. The van der Waals surface area contributed by atoms with Crippen LogP contribution in [-0.4, -0.2) is 29.4 Å². The molecule has 1 aliphatic rings. The van der Waals surface area contributed by atoms with Crippen molar-refractivity contribution in [1.29, 1.82) is 0 Å². The first-order valence-electron chi connectivity index (χ1n) is 10.5. The number of nitrogens with one attached hydrogen (secondary N) is 2. The number of nitrogens with zero attached hydrogens (tertiary/aromatic N) is 1. The highest BCUT2D eigenvalue weighted by Gasteiger charge is 2.17. The van der Waals surface area contributed by atoms with E-state index in [1.165, 1.54) is 6.08 Å². The molecule has 4 rings (SSSR count). The van der Waals surface area contributed by atoms with Crippen molar-refractivity contribution in [2.45, 2.75) is 13.8 Å². The van der Waals surface area contributed by atoms with Gasteiger partial charge in [0.2, 0.25) is 6.79 Å². The highest BCUT2D eigenvalue weighted by molar-refractivity contribution is 6.06. The molecule has 34 heavy (non-hydrogen) atoms. The van der Waals surface area contributed by atoms with Crippen LogP contribution in [0.2, 0.25) is 0 Å². The number of benzene rings is 3. The van der Waals surface area contributed by atoms with Crippen molar-refractivity contribution in [2.75, 3.05) is 6.79 Å². The van der Waals surface area contributed by atoms with Gasteiger partial charge >= 0.3 is 0 Å². The summed E-state index contributed by atoms with van der Waals surface area (Å²) >= 11 is 0. The molecule has 0 aromatic heterocycles. The Hall–Kier alpha value is -4.59. The Morgan fingerprint density at radius 2 is 1.74 bits per heavy atom. The van der Waals surface area contributed by atoms with E-state index in [1.807, 2.05) is 0 Å². The Kier molecular flexibility index (Phi) is 6.59. The molecule has 3 N–H and O–H groups in total. The number of fused-ring (bicyclic) bond motifs is 1. The van der Waals surface area contributed by atoms with Gasteiger partial charge in [0.15, 0.2) is 11.5 Å². The highest BCUT2D eigenvalue weighted by atomic mass is 16.7. The molecule has 8 nitrogen and oxygen atoms in total. The summed E-state index contributed by atoms with van der Waals surface area (Å²) in [5.41, 5.74) is 5.51. The summed E-state index contributed by atoms with van der Waals surface area (Å²) in [6.07, 6.45) is 1.54. The molecule has 0 aliphatic carbocycles. The number of amides is 2. The number of ether oxygens (including phenoxy) is 2. The third-order valence-corrected chi connectivity index (χ3v) is 5.18. The highest BCUT2D eigenvalue weighted by Crippen LogP contribution is 2.33. The number of rotatable bonds is 6. The molecule has 1 aliphatic heterocycles. The normalized spacial score (nSPS) is 12.9. The topological polar surface area (TPSA) is 109 Å². The Morgan fingerprint density at radius 3 is 2.50 bits per heavy atom. The standard InChI is InChI=1S/C26H23N3O5/c1-16-12-20(9-10-22(16)30)17(2)28-29-26(32)21(27-25(31)19-6-4-3-5-7-19)13-18-8-11-23-24(14-18)34-15-33-23/h3-14,30H,15H2,1-2H3,(H,27,31)(H,29,32). The van der Waals surface area contributed by atoms with Gasteiger partial charge in [0.05, 0.1) is 5.71 Å². The van der Waals surface area contributed by atoms with E-state index in [-0.39, 0.29) is 18.2 Å². The summed E-state index contributed by atoms with van der Waals surface area (Å²) in [5, 5.41) is 16.5. The lowest BCUT2D eigenvalue weighted by Crippen LogP contribution is -2.33. The number of aromatic hydroxyl groups is 1. The molecule has 3 aromatic rings. The van der Waals surface area contributed by atoms with Gasteiger partial charge in [0.25, 0.3) is 11.8 Å². The van der Waals surface area contributed by atoms with Gasteiger partial charge in [-0.25, -0.2) is 5.43 Å². The summed E-state index contributed by atoms with van der Waals surface area (Å²) in [4.78, 5) is 25.7. The van der Waals surface area contributed by atoms with Gasteiger partial charge in [0.1, 0.15) is 11.4 Å². The Balaban J connectivity index is 1.59. The van der Waals surface area contributed by atoms with Gasteiger partial charge in [-0.05, 0) is 79.1 Å². The SMILES string of the molecule is CC(=NNC(=O)C(=Cc1ccc2c(c1)OCO2)NC(=O)c1ccccc1)c1ccc(O)c(C)c1. The molecular weight excluding hydrogens is 434 g/mol. The van der Waals surface area contributed by atoms with Crippen LogP contribution in [0.4, 0.5) is 0 Å². The third-order valence-electron chi connectivity index (χ3n) is 5.18. The van der Waals surface area contributed by atoms with Crippen LogP contribution in [0, 0.1) is 6.92 Å². The molecular formula is C26H23N3O5. The lowest BCUT2D eigenvalue weighted by molar-refractivity contribution is -0.117. The van der Waals surface area contributed by atoms with Crippen molar-refractivity contribution in [3.8, 4) is 17.2 Å². The van der Waals surface area contributed by atoms with E-state index < -0.39 is 11.8 Å². The fraction of sp³-hybridized carbons (Fsp3) is 0.115. The average Bonchev–Trinajstić information content (AvgIpc) is 3.32. The first-order valence-corrected chi connectivity index (χ1v) is 10.5. The number of phenolic OH excluding ortho intramolecular Hbond substituents is 1. The van der Waals surface area contributed by atoms with E-state index in [4.69, 9.17) is 9.47 Å². The van der Waals surface area contributed by atoms with Crippen molar-refractivity contribution >= 4 is 23.6 Å². The van der Waals surface area contributed by atoms with E-state index in [0.29, 0.717) is 33.9 Å². The van der Waals surface area contributed by atoms with E-state index in [9.17, 15) is 14.7 Å². The molecule has 0 saturated carbocycles. The minimum Gasteiger partial charge on any atom is -0.508 e. The number of phenols is 1. The minimum absolute atomic E-state index is 0.00570. The Morgan fingerprint density at radius 1 is 0.971 bits per heavy atom. The summed E-state index contributed by atoms with van der Waals surface area (Å²) in [6.45, 7) is 3.64. The zero-order chi connectivity index (χ0) is 24.1. The molecule has 0 saturated heterocycles. The number of hydrazone groups is 1. The van der Waals surface area contributed by atoms with Crippen LogP contribution in [0.5, 0.6) is 17.2 Å². The second-order valence-electron chi connectivity index (χ2n) is 7.63.